The van der Waals surface area contributed by atoms with Crippen molar-refractivity contribution >= 4 is 18.0 Å². The molecule has 0 aromatic heterocycles. The van der Waals surface area contributed by atoms with Crippen LogP contribution in [0.1, 0.15) is 57.3 Å². The van der Waals surface area contributed by atoms with Gasteiger partial charge in [-0.3, -0.25) is 4.79 Å². The summed E-state index contributed by atoms with van der Waals surface area (Å²) in [5, 5.41) is 0. The highest BCUT2D eigenvalue weighted by atomic mass is 16.6. The van der Waals surface area contributed by atoms with Gasteiger partial charge in [0, 0.05) is 6.42 Å². The topological polar surface area (TPSA) is 72.9 Å². The Morgan fingerprint density at radius 2 is 1.50 bits per heavy atom. The third-order valence-corrected chi connectivity index (χ3v) is 4.75. The van der Waals surface area contributed by atoms with Crippen molar-refractivity contribution < 1.29 is 23.9 Å². The van der Waals surface area contributed by atoms with Crippen LogP contribution in [0.15, 0.2) is 60.7 Å². The molecule has 3 rings (SSSR count). The van der Waals surface area contributed by atoms with Crippen LogP contribution < -0.4 is 0 Å². The van der Waals surface area contributed by atoms with E-state index in [0.29, 0.717) is 12.8 Å². The second-order valence-electron chi connectivity index (χ2n) is 8.29. The molecule has 0 radical (unpaired) electrons. The monoisotopic (exact) mass is 409 g/mol. The maximum Gasteiger partial charge on any atom is 0.417 e. The molecule has 0 bridgehead atoms. The lowest BCUT2D eigenvalue weighted by Gasteiger charge is -2.34. The van der Waals surface area contributed by atoms with Gasteiger partial charge in [-0.05, 0) is 44.7 Å². The molecule has 0 unspecified atom stereocenters. The number of imide groups is 1. The van der Waals surface area contributed by atoms with Gasteiger partial charge >= 0.3 is 12.1 Å². The molecule has 2 amide bonds. The van der Waals surface area contributed by atoms with Gasteiger partial charge in [-0.1, -0.05) is 60.7 Å². The van der Waals surface area contributed by atoms with Crippen molar-refractivity contribution in [2.24, 2.45) is 0 Å². The first-order valence-electron chi connectivity index (χ1n) is 10.1. The van der Waals surface area contributed by atoms with E-state index in [-0.39, 0.29) is 6.42 Å². The van der Waals surface area contributed by atoms with Crippen LogP contribution >= 0.6 is 0 Å². The summed E-state index contributed by atoms with van der Waals surface area (Å²) in [6.45, 7) is 5.15. The fourth-order valence-electron chi connectivity index (χ4n) is 3.41. The fourth-order valence-corrected chi connectivity index (χ4v) is 3.41. The predicted molar refractivity (Wildman–Crippen MR) is 112 cm³/mol. The van der Waals surface area contributed by atoms with Gasteiger partial charge in [-0.2, -0.15) is 0 Å². The van der Waals surface area contributed by atoms with Crippen molar-refractivity contribution in [3.8, 4) is 0 Å². The van der Waals surface area contributed by atoms with Gasteiger partial charge in [-0.15, -0.1) is 0 Å². The molecule has 158 valence electrons. The number of hydrogen-bond acceptors (Lipinski definition) is 5. The summed E-state index contributed by atoms with van der Waals surface area (Å²) >= 11 is 0. The van der Waals surface area contributed by atoms with E-state index in [1.165, 1.54) is 0 Å². The Hall–Kier alpha value is -3.15. The van der Waals surface area contributed by atoms with Crippen LogP contribution in [0.2, 0.25) is 0 Å². The lowest BCUT2D eigenvalue weighted by Crippen LogP contribution is -2.53. The predicted octanol–water partition coefficient (Wildman–Crippen LogP) is 4.64. The fraction of sp³-hybridized carbons (Fsp3) is 0.375. The summed E-state index contributed by atoms with van der Waals surface area (Å²) in [4.78, 5) is 39.2. The molecule has 6 heteroatoms. The maximum absolute atomic E-state index is 13.2. The van der Waals surface area contributed by atoms with Crippen molar-refractivity contribution in [3.05, 3.63) is 71.8 Å². The number of likely N-dealkylation sites (tertiary alicyclic amines) is 1. The number of benzene rings is 2. The van der Waals surface area contributed by atoms with Crippen molar-refractivity contribution in [2.45, 2.75) is 57.8 Å². The molecule has 1 saturated heterocycles. The van der Waals surface area contributed by atoms with E-state index < -0.39 is 35.7 Å². The molecule has 1 aliphatic rings. The minimum atomic E-state index is -1.00. The van der Waals surface area contributed by atoms with Crippen LogP contribution in [0.5, 0.6) is 0 Å². The number of hydrogen-bond donors (Lipinski definition) is 0. The summed E-state index contributed by atoms with van der Waals surface area (Å²) < 4.78 is 11.2. The van der Waals surface area contributed by atoms with Gasteiger partial charge in [0.25, 0.3) is 0 Å². The number of esters is 1. The Morgan fingerprint density at radius 3 is 2.00 bits per heavy atom. The summed E-state index contributed by atoms with van der Waals surface area (Å²) in [5.74, 6) is -1.04. The maximum atomic E-state index is 13.2. The molecule has 0 saturated carbocycles. The molecule has 30 heavy (non-hydrogen) atoms. The normalized spacial score (nSPS) is 17.0. The molecule has 1 atom stereocenters. The van der Waals surface area contributed by atoms with E-state index in [4.69, 9.17) is 9.47 Å². The average molecular weight is 409 g/mol. The van der Waals surface area contributed by atoms with E-state index in [0.717, 1.165) is 16.0 Å². The number of ether oxygens (including phenoxy) is 2. The molecule has 2 aromatic rings. The zero-order valence-corrected chi connectivity index (χ0v) is 17.5. The first-order valence-corrected chi connectivity index (χ1v) is 10.1. The van der Waals surface area contributed by atoms with E-state index >= 15 is 0 Å². The Kier molecular flexibility index (Phi) is 6.55. The summed E-state index contributed by atoms with van der Waals surface area (Å²) in [6, 6.07) is 17.8. The zero-order chi connectivity index (χ0) is 21.7. The number of carbonyl (C=O) groups excluding carboxylic acids is 3. The van der Waals surface area contributed by atoms with Crippen LogP contribution in [0.3, 0.4) is 0 Å². The molecule has 1 fully saturated rings. The Labute approximate surface area is 176 Å². The number of carbonyl (C=O) groups is 3. The van der Waals surface area contributed by atoms with E-state index in [1.54, 1.807) is 20.8 Å². The van der Waals surface area contributed by atoms with Gasteiger partial charge in [-0.25, -0.2) is 14.5 Å². The van der Waals surface area contributed by atoms with Crippen molar-refractivity contribution in [1.82, 2.24) is 4.90 Å². The highest BCUT2D eigenvalue weighted by molar-refractivity contribution is 5.97. The minimum Gasteiger partial charge on any atom is -0.451 e. The van der Waals surface area contributed by atoms with E-state index in [1.807, 2.05) is 60.7 Å². The highest BCUT2D eigenvalue weighted by Gasteiger charge is 2.41. The molecular weight excluding hydrogens is 382 g/mol. The number of piperidine rings is 1. The molecule has 6 nitrogen and oxygen atoms in total. The smallest absolute Gasteiger partial charge is 0.417 e. The van der Waals surface area contributed by atoms with Gasteiger partial charge in [0.1, 0.15) is 11.6 Å². The number of rotatable bonds is 4. The third kappa shape index (κ3) is 5.26. The summed E-state index contributed by atoms with van der Waals surface area (Å²) in [5.41, 5.74) is 0.839. The molecule has 1 heterocycles. The molecule has 2 aromatic carbocycles. The van der Waals surface area contributed by atoms with Crippen LogP contribution in [0.4, 0.5) is 4.79 Å². The second kappa shape index (κ2) is 9.11. The Bertz CT molecular complexity index is 849. The van der Waals surface area contributed by atoms with Gasteiger partial charge in [0.05, 0.1) is 0 Å². The molecule has 0 spiro atoms. The van der Waals surface area contributed by atoms with Crippen LogP contribution in [-0.4, -0.2) is 34.5 Å². The first-order chi connectivity index (χ1) is 14.3. The van der Waals surface area contributed by atoms with Crippen LogP contribution in [0, 0.1) is 0 Å². The largest absolute Gasteiger partial charge is 0.451 e. The van der Waals surface area contributed by atoms with Gasteiger partial charge < -0.3 is 9.47 Å². The SMILES string of the molecule is CC(C)(C)OC(=O)N1C(=O)CCC[C@H]1C(=O)OC(c1ccccc1)c1ccccc1. The van der Waals surface area contributed by atoms with Crippen molar-refractivity contribution in [3.63, 3.8) is 0 Å². The van der Waals surface area contributed by atoms with Gasteiger partial charge in [0.2, 0.25) is 5.91 Å². The summed E-state index contributed by atoms with van der Waals surface area (Å²) in [7, 11) is 0. The Balaban J connectivity index is 1.86. The highest BCUT2D eigenvalue weighted by Crippen LogP contribution is 2.29. The quantitative estimate of drug-likeness (QED) is 0.688. The molecule has 0 aliphatic carbocycles. The van der Waals surface area contributed by atoms with Gasteiger partial charge in [0.15, 0.2) is 6.10 Å². The number of nitrogens with zero attached hydrogens (tertiary/aromatic N) is 1. The second-order valence-corrected chi connectivity index (χ2v) is 8.29. The standard InChI is InChI=1S/C24H27NO5/c1-24(2,3)30-23(28)25-19(15-10-16-20(25)26)22(27)29-21(17-11-6-4-7-12-17)18-13-8-5-9-14-18/h4-9,11-14,19,21H,10,15-16H2,1-3H3/t19-/m0/s1. The molecule has 0 N–H and O–H groups in total. The number of amides is 2. The lowest BCUT2D eigenvalue weighted by molar-refractivity contribution is -0.160. The van der Waals surface area contributed by atoms with E-state index in [2.05, 4.69) is 0 Å². The van der Waals surface area contributed by atoms with Crippen molar-refractivity contribution in [1.29, 1.82) is 0 Å². The van der Waals surface area contributed by atoms with Crippen LogP contribution in [0.25, 0.3) is 0 Å². The Morgan fingerprint density at radius 1 is 0.967 bits per heavy atom. The van der Waals surface area contributed by atoms with Crippen LogP contribution in [-0.2, 0) is 19.1 Å². The first kappa shape index (κ1) is 21.6. The van der Waals surface area contributed by atoms with Crippen molar-refractivity contribution in [2.75, 3.05) is 0 Å². The zero-order valence-electron chi connectivity index (χ0n) is 17.5. The summed E-state index contributed by atoms with van der Waals surface area (Å²) in [6.07, 6.45) is -0.397. The van der Waals surface area contributed by atoms with E-state index in [9.17, 15) is 14.4 Å². The lowest BCUT2D eigenvalue weighted by atomic mass is 10.00. The average Bonchev–Trinajstić information content (AvgIpc) is 2.71. The molecule has 1 aliphatic heterocycles. The molecular formula is C24H27NO5. The minimum absolute atomic E-state index is 0.198. The third-order valence-electron chi connectivity index (χ3n) is 4.75.